The number of rotatable bonds is 3. The van der Waals surface area contributed by atoms with Crippen molar-refractivity contribution in [3.63, 3.8) is 0 Å². The van der Waals surface area contributed by atoms with Gasteiger partial charge in [-0.15, -0.1) is 0 Å². The minimum atomic E-state index is -0.873. The van der Waals surface area contributed by atoms with Crippen molar-refractivity contribution in [1.82, 2.24) is 10.2 Å². The van der Waals surface area contributed by atoms with Gasteiger partial charge < -0.3 is 20.1 Å². The normalized spacial score (nSPS) is 29.2. The summed E-state index contributed by atoms with van der Waals surface area (Å²) < 4.78 is 5.23. The van der Waals surface area contributed by atoms with Crippen LogP contribution in [0.4, 0.5) is 4.79 Å². The Morgan fingerprint density at radius 3 is 2.50 bits per heavy atom. The lowest BCUT2D eigenvalue weighted by Crippen LogP contribution is -2.50. The van der Waals surface area contributed by atoms with Crippen molar-refractivity contribution in [3.8, 4) is 0 Å². The fourth-order valence-corrected chi connectivity index (χ4v) is 3.16. The van der Waals surface area contributed by atoms with Crippen LogP contribution in [0.2, 0.25) is 0 Å². The molecule has 2 aliphatic rings. The summed E-state index contributed by atoms with van der Waals surface area (Å²) in [4.78, 5) is 25.5. The van der Waals surface area contributed by atoms with Gasteiger partial charge in [0.05, 0.1) is 5.41 Å². The maximum atomic E-state index is 12.2. The zero-order valence-electron chi connectivity index (χ0n) is 12.2. The number of likely N-dealkylation sites (tertiary alicyclic amines) is 1. The van der Waals surface area contributed by atoms with Crippen LogP contribution in [0.3, 0.4) is 0 Å². The van der Waals surface area contributed by atoms with Crippen LogP contribution in [0.1, 0.15) is 33.1 Å². The maximum Gasteiger partial charge on any atom is 0.317 e. The van der Waals surface area contributed by atoms with Crippen LogP contribution in [-0.2, 0) is 9.53 Å². The van der Waals surface area contributed by atoms with Crippen molar-refractivity contribution in [2.24, 2.45) is 11.3 Å². The molecule has 2 unspecified atom stereocenters. The summed E-state index contributed by atoms with van der Waals surface area (Å²) in [5, 5.41) is 12.3. The van der Waals surface area contributed by atoms with Gasteiger partial charge in [0, 0.05) is 32.3 Å². The Morgan fingerprint density at radius 1 is 1.35 bits per heavy atom. The van der Waals surface area contributed by atoms with Gasteiger partial charge in [-0.1, -0.05) is 6.92 Å². The number of amides is 2. The van der Waals surface area contributed by atoms with Crippen molar-refractivity contribution in [2.75, 3.05) is 26.3 Å². The van der Waals surface area contributed by atoms with E-state index in [-0.39, 0.29) is 18.6 Å². The molecule has 2 rings (SSSR count). The molecular formula is C14H24N2O4. The molecule has 2 fully saturated rings. The third kappa shape index (κ3) is 3.06. The first-order chi connectivity index (χ1) is 9.44. The number of carbonyl (C=O) groups excluding carboxylic acids is 1. The molecule has 0 bridgehead atoms. The van der Waals surface area contributed by atoms with E-state index in [0.29, 0.717) is 32.0 Å². The molecule has 2 amide bonds. The molecule has 6 nitrogen and oxygen atoms in total. The summed E-state index contributed by atoms with van der Waals surface area (Å²) in [7, 11) is 0. The average molecular weight is 284 g/mol. The van der Waals surface area contributed by atoms with Gasteiger partial charge in [0.15, 0.2) is 0 Å². The van der Waals surface area contributed by atoms with Crippen LogP contribution >= 0.6 is 0 Å². The van der Waals surface area contributed by atoms with E-state index in [1.807, 2.05) is 6.92 Å². The van der Waals surface area contributed by atoms with E-state index in [4.69, 9.17) is 4.74 Å². The van der Waals surface area contributed by atoms with Gasteiger partial charge in [-0.2, -0.15) is 0 Å². The fraction of sp³-hybridized carbons (Fsp3) is 0.857. The first-order valence-electron chi connectivity index (χ1n) is 7.30. The third-order valence-corrected chi connectivity index (χ3v) is 4.53. The van der Waals surface area contributed by atoms with Crippen molar-refractivity contribution < 1.29 is 19.4 Å². The molecule has 20 heavy (non-hydrogen) atoms. The van der Waals surface area contributed by atoms with Gasteiger partial charge in [0.2, 0.25) is 0 Å². The Balaban J connectivity index is 1.92. The number of ether oxygens (including phenoxy) is 1. The van der Waals surface area contributed by atoms with E-state index >= 15 is 0 Å². The van der Waals surface area contributed by atoms with Crippen LogP contribution in [0, 0.1) is 11.3 Å². The lowest BCUT2D eigenvalue weighted by Gasteiger charge is -2.34. The highest BCUT2D eigenvalue weighted by atomic mass is 16.5. The molecule has 2 atom stereocenters. The number of nitrogens with zero attached hydrogens (tertiary/aromatic N) is 1. The maximum absolute atomic E-state index is 12.2. The van der Waals surface area contributed by atoms with Crippen LogP contribution in [0.25, 0.3) is 0 Å². The highest BCUT2D eigenvalue weighted by molar-refractivity contribution is 5.78. The second-order valence-electron chi connectivity index (χ2n) is 6.20. The molecule has 0 aliphatic carbocycles. The van der Waals surface area contributed by atoms with Gasteiger partial charge in [-0.25, -0.2) is 4.79 Å². The lowest BCUT2D eigenvalue weighted by molar-refractivity contribution is -0.154. The second kappa shape index (κ2) is 5.99. The zero-order valence-corrected chi connectivity index (χ0v) is 12.2. The van der Waals surface area contributed by atoms with E-state index < -0.39 is 11.4 Å². The van der Waals surface area contributed by atoms with Crippen molar-refractivity contribution in [2.45, 2.75) is 39.2 Å². The first-order valence-corrected chi connectivity index (χ1v) is 7.30. The number of hydrogen-bond acceptors (Lipinski definition) is 3. The van der Waals surface area contributed by atoms with Gasteiger partial charge in [0.1, 0.15) is 0 Å². The monoisotopic (exact) mass is 284 g/mol. The number of hydrogen-bond donors (Lipinski definition) is 2. The minimum Gasteiger partial charge on any atom is -0.481 e. The lowest BCUT2D eigenvalue weighted by atomic mass is 9.80. The molecule has 2 aliphatic heterocycles. The molecule has 6 heteroatoms. The average Bonchev–Trinajstić information content (AvgIpc) is 2.76. The number of carbonyl (C=O) groups is 2. The molecule has 0 aromatic heterocycles. The van der Waals surface area contributed by atoms with Crippen molar-refractivity contribution in [3.05, 3.63) is 0 Å². The minimum absolute atomic E-state index is 0.144. The van der Waals surface area contributed by atoms with Crippen LogP contribution in [0.15, 0.2) is 0 Å². The Bertz CT molecular complexity index is 379. The van der Waals surface area contributed by atoms with Gasteiger partial charge in [-0.05, 0) is 32.1 Å². The molecule has 0 spiro atoms. The van der Waals surface area contributed by atoms with Gasteiger partial charge in [-0.3, -0.25) is 4.79 Å². The van der Waals surface area contributed by atoms with Gasteiger partial charge >= 0.3 is 12.0 Å². The van der Waals surface area contributed by atoms with Crippen LogP contribution in [-0.4, -0.2) is 54.4 Å². The molecule has 114 valence electrons. The Hall–Kier alpha value is -1.30. The first kappa shape index (κ1) is 15.1. The number of aliphatic carboxylic acids is 1. The number of urea groups is 1. The fourth-order valence-electron chi connectivity index (χ4n) is 3.16. The van der Waals surface area contributed by atoms with E-state index in [0.717, 1.165) is 13.0 Å². The number of nitrogens with one attached hydrogen (secondary N) is 1. The Kier molecular flexibility index (Phi) is 4.52. The molecule has 0 aromatic rings. The standard InChI is InChI=1S/C14H24N2O4/c1-10-7-11(2)16(8-10)13(19)15-9-14(12(17)18)3-5-20-6-4-14/h10-11H,3-9H2,1-2H3,(H,15,19)(H,17,18). The Labute approximate surface area is 119 Å². The summed E-state index contributed by atoms with van der Waals surface area (Å²) in [6, 6.07) is 0.0782. The van der Waals surface area contributed by atoms with Crippen LogP contribution < -0.4 is 5.32 Å². The molecule has 0 saturated carbocycles. The largest absolute Gasteiger partial charge is 0.481 e. The molecule has 0 radical (unpaired) electrons. The van der Waals surface area contributed by atoms with E-state index in [1.165, 1.54) is 0 Å². The van der Waals surface area contributed by atoms with E-state index in [1.54, 1.807) is 4.90 Å². The smallest absolute Gasteiger partial charge is 0.317 e. The number of carboxylic acids is 1. The topological polar surface area (TPSA) is 78.9 Å². The summed E-state index contributed by atoms with van der Waals surface area (Å²) >= 11 is 0. The molecule has 2 N–H and O–H groups in total. The highest BCUT2D eigenvalue weighted by Gasteiger charge is 2.41. The van der Waals surface area contributed by atoms with Crippen LogP contribution in [0.5, 0.6) is 0 Å². The molecular weight excluding hydrogens is 260 g/mol. The quantitative estimate of drug-likeness (QED) is 0.819. The zero-order chi connectivity index (χ0) is 14.8. The molecule has 2 saturated heterocycles. The summed E-state index contributed by atoms with van der Waals surface area (Å²) in [5.41, 5.74) is -0.873. The van der Waals surface area contributed by atoms with E-state index in [2.05, 4.69) is 12.2 Å². The highest BCUT2D eigenvalue weighted by Crippen LogP contribution is 2.30. The predicted molar refractivity (Wildman–Crippen MR) is 73.5 cm³/mol. The van der Waals surface area contributed by atoms with E-state index in [9.17, 15) is 14.7 Å². The Morgan fingerprint density at radius 2 is 2.00 bits per heavy atom. The third-order valence-electron chi connectivity index (χ3n) is 4.53. The van der Waals surface area contributed by atoms with Crippen molar-refractivity contribution in [1.29, 1.82) is 0 Å². The number of carboxylic acid groups (broad SMARTS) is 1. The van der Waals surface area contributed by atoms with Gasteiger partial charge in [0.25, 0.3) is 0 Å². The summed E-state index contributed by atoms with van der Waals surface area (Å²) in [6.07, 6.45) is 1.91. The molecule has 2 heterocycles. The molecule has 0 aromatic carbocycles. The second-order valence-corrected chi connectivity index (χ2v) is 6.20. The summed E-state index contributed by atoms with van der Waals surface area (Å²) in [6.45, 7) is 5.97. The predicted octanol–water partition coefficient (Wildman–Crippen LogP) is 1.31. The van der Waals surface area contributed by atoms with Crippen molar-refractivity contribution >= 4 is 12.0 Å². The SMILES string of the molecule is CC1CC(C)N(C(=O)NCC2(C(=O)O)CCOCC2)C1. The summed E-state index contributed by atoms with van der Waals surface area (Å²) in [5.74, 6) is -0.337.